The molecular weight excluding hydrogens is 341 g/mol. The summed E-state index contributed by atoms with van der Waals surface area (Å²) in [6, 6.07) is 4.73. The fraction of sp³-hybridized carbons (Fsp3) is 0.235. The minimum atomic E-state index is -0.732. The third-order valence-electron chi connectivity index (χ3n) is 3.60. The predicted octanol–water partition coefficient (Wildman–Crippen LogP) is 2.19. The van der Waals surface area contributed by atoms with Gasteiger partial charge in [-0.2, -0.15) is 5.10 Å². The van der Waals surface area contributed by atoms with E-state index >= 15 is 0 Å². The molecule has 3 rings (SSSR count). The molecule has 8 nitrogen and oxygen atoms in total. The lowest BCUT2D eigenvalue weighted by Crippen LogP contribution is -2.28. The molecule has 0 aliphatic carbocycles. The van der Waals surface area contributed by atoms with Crippen molar-refractivity contribution in [1.82, 2.24) is 20.7 Å². The number of anilines is 2. The highest BCUT2D eigenvalue weighted by Crippen LogP contribution is 2.29. The van der Waals surface area contributed by atoms with Crippen LogP contribution in [0.15, 0.2) is 30.6 Å². The van der Waals surface area contributed by atoms with Crippen LogP contribution in [0.2, 0.25) is 0 Å². The van der Waals surface area contributed by atoms with Gasteiger partial charge in [-0.15, -0.1) is 0 Å². The van der Waals surface area contributed by atoms with Gasteiger partial charge in [-0.3, -0.25) is 14.7 Å². The molecule has 0 radical (unpaired) electrons. The molecule has 4 N–H and O–H groups in total. The molecule has 0 saturated carbocycles. The first kappa shape index (κ1) is 17.8. The summed E-state index contributed by atoms with van der Waals surface area (Å²) in [5, 5.41) is 19.3. The molecule has 0 spiro atoms. The maximum Gasteiger partial charge on any atom is 0.278 e. The number of aromatic nitrogens is 3. The van der Waals surface area contributed by atoms with Crippen LogP contribution in [0.25, 0.3) is 11.0 Å². The lowest BCUT2D eigenvalue weighted by atomic mass is 10.1. The van der Waals surface area contributed by atoms with E-state index in [0.29, 0.717) is 16.7 Å². The van der Waals surface area contributed by atoms with Crippen molar-refractivity contribution in [3.63, 3.8) is 0 Å². The maximum atomic E-state index is 14.2. The molecule has 0 aliphatic heterocycles. The zero-order valence-corrected chi connectivity index (χ0v) is 14.2. The number of fused-ring (bicyclic) bond motifs is 1. The Kier molecular flexibility index (Phi) is 5.10. The summed E-state index contributed by atoms with van der Waals surface area (Å²) in [6.07, 6.45) is 2.09. The Morgan fingerprint density at radius 2 is 2.23 bits per heavy atom. The fourth-order valence-corrected chi connectivity index (χ4v) is 2.35. The first-order valence-corrected chi connectivity index (χ1v) is 7.91. The number of benzene rings is 1. The summed E-state index contributed by atoms with van der Waals surface area (Å²) >= 11 is 0. The maximum absolute atomic E-state index is 14.2. The van der Waals surface area contributed by atoms with E-state index in [1.54, 1.807) is 19.1 Å². The fourth-order valence-electron chi connectivity index (χ4n) is 2.35. The molecule has 3 aromatic rings. The van der Waals surface area contributed by atoms with Crippen LogP contribution in [0.1, 0.15) is 22.8 Å². The number of carbonyl (C=O) groups is 1. The standard InChI is InChI=1S/C17H18FN5O3/c1-9-3-4-14(13(18)5-9)21-15-11-7-20-22-16(11)19-6-12(15)17(25)23-26-8-10(2)24/h3-7,10,24H,8H2,1-2H3,(H,23,25)(H2,19,20,21,22)/t10-/m0/s1. The summed E-state index contributed by atoms with van der Waals surface area (Å²) < 4.78 is 14.2. The molecule has 1 aromatic carbocycles. The molecule has 1 atom stereocenters. The normalized spacial score (nSPS) is 12.2. The Morgan fingerprint density at radius 1 is 1.42 bits per heavy atom. The Hall–Kier alpha value is -3.04. The highest BCUT2D eigenvalue weighted by Gasteiger charge is 2.18. The van der Waals surface area contributed by atoms with Gasteiger partial charge in [0.2, 0.25) is 0 Å². The zero-order chi connectivity index (χ0) is 18.7. The molecule has 0 saturated heterocycles. The monoisotopic (exact) mass is 359 g/mol. The third-order valence-corrected chi connectivity index (χ3v) is 3.60. The molecule has 1 amide bonds. The van der Waals surface area contributed by atoms with Gasteiger partial charge in [-0.1, -0.05) is 6.07 Å². The highest BCUT2D eigenvalue weighted by atomic mass is 19.1. The number of amides is 1. The van der Waals surface area contributed by atoms with Gasteiger partial charge in [0.25, 0.3) is 5.91 Å². The molecule has 0 fully saturated rings. The molecule has 2 heterocycles. The minimum absolute atomic E-state index is 0.0670. The van der Waals surface area contributed by atoms with Crippen LogP contribution in [-0.4, -0.2) is 38.9 Å². The SMILES string of the molecule is Cc1ccc(Nc2c(C(=O)NOC[C@H](C)O)cnc3[nH]ncc23)c(F)c1. The van der Waals surface area contributed by atoms with Crippen LogP contribution in [0, 0.1) is 12.7 Å². The number of H-pyrrole nitrogens is 1. The van der Waals surface area contributed by atoms with Crippen molar-refractivity contribution in [1.29, 1.82) is 0 Å². The van der Waals surface area contributed by atoms with Gasteiger partial charge in [0.1, 0.15) is 12.4 Å². The van der Waals surface area contributed by atoms with Crippen LogP contribution in [0.5, 0.6) is 0 Å². The summed E-state index contributed by atoms with van der Waals surface area (Å²) in [5.74, 6) is -1.04. The second-order valence-electron chi connectivity index (χ2n) is 5.88. The van der Waals surface area contributed by atoms with E-state index in [0.717, 1.165) is 5.56 Å². The van der Waals surface area contributed by atoms with Crippen molar-refractivity contribution in [3.8, 4) is 0 Å². The quantitative estimate of drug-likeness (QED) is 0.502. The number of nitrogens with zero attached hydrogens (tertiary/aromatic N) is 2. The van der Waals surface area contributed by atoms with Gasteiger partial charge < -0.3 is 10.4 Å². The molecule has 9 heteroatoms. The van der Waals surface area contributed by atoms with Crippen LogP contribution in [-0.2, 0) is 4.84 Å². The number of aliphatic hydroxyl groups excluding tert-OH is 1. The van der Waals surface area contributed by atoms with E-state index < -0.39 is 17.8 Å². The van der Waals surface area contributed by atoms with Crippen molar-refractivity contribution in [2.24, 2.45) is 0 Å². The van der Waals surface area contributed by atoms with E-state index in [9.17, 15) is 14.3 Å². The van der Waals surface area contributed by atoms with Gasteiger partial charge >= 0.3 is 0 Å². The van der Waals surface area contributed by atoms with Crippen molar-refractivity contribution < 1.29 is 19.1 Å². The third kappa shape index (κ3) is 3.79. The van der Waals surface area contributed by atoms with E-state index in [-0.39, 0.29) is 17.9 Å². The first-order chi connectivity index (χ1) is 12.5. The molecule has 2 aromatic heterocycles. The average Bonchev–Trinajstić information content (AvgIpc) is 3.06. The summed E-state index contributed by atoms with van der Waals surface area (Å²) in [6.45, 7) is 3.24. The van der Waals surface area contributed by atoms with Gasteiger partial charge in [-0.05, 0) is 31.5 Å². The summed E-state index contributed by atoms with van der Waals surface area (Å²) in [4.78, 5) is 21.5. The first-order valence-electron chi connectivity index (χ1n) is 7.91. The van der Waals surface area contributed by atoms with E-state index in [1.165, 1.54) is 25.4 Å². The van der Waals surface area contributed by atoms with Crippen molar-refractivity contribution in [2.75, 3.05) is 11.9 Å². The van der Waals surface area contributed by atoms with E-state index in [1.807, 2.05) is 0 Å². The number of aryl methyl sites for hydroxylation is 1. The lowest BCUT2D eigenvalue weighted by molar-refractivity contribution is -0.00683. The molecule has 0 bridgehead atoms. The largest absolute Gasteiger partial charge is 0.391 e. The Bertz CT molecular complexity index is 941. The van der Waals surface area contributed by atoms with Gasteiger partial charge in [-0.25, -0.2) is 14.9 Å². The Labute approximate surface area is 148 Å². The lowest BCUT2D eigenvalue weighted by Gasteiger charge is -2.14. The number of aliphatic hydroxyl groups is 1. The van der Waals surface area contributed by atoms with E-state index in [4.69, 9.17) is 4.84 Å². The van der Waals surface area contributed by atoms with Crippen LogP contribution in [0.4, 0.5) is 15.8 Å². The molecule has 136 valence electrons. The van der Waals surface area contributed by atoms with Crippen LogP contribution >= 0.6 is 0 Å². The molecule has 26 heavy (non-hydrogen) atoms. The second-order valence-corrected chi connectivity index (χ2v) is 5.88. The number of halogens is 1. The highest BCUT2D eigenvalue weighted by molar-refractivity contribution is 6.06. The second kappa shape index (κ2) is 7.46. The van der Waals surface area contributed by atoms with E-state index in [2.05, 4.69) is 26.0 Å². The Balaban J connectivity index is 1.96. The number of carbonyl (C=O) groups excluding carboxylic acids is 1. The average molecular weight is 359 g/mol. The Morgan fingerprint density at radius 3 is 2.96 bits per heavy atom. The van der Waals surface area contributed by atoms with Gasteiger partial charge in [0.15, 0.2) is 5.65 Å². The predicted molar refractivity (Wildman–Crippen MR) is 93.4 cm³/mol. The van der Waals surface area contributed by atoms with Gasteiger partial charge in [0, 0.05) is 6.20 Å². The van der Waals surface area contributed by atoms with Gasteiger partial charge in [0.05, 0.1) is 34.6 Å². The zero-order valence-electron chi connectivity index (χ0n) is 14.2. The number of nitrogens with one attached hydrogen (secondary N) is 3. The number of hydrogen-bond acceptors (Lipinski definition) is 6. The number of hydroxylamine groups is 1. The van der Waals surface area contributed by atoms with Crippen LogP contribution < -0.4 is 10.8 Å². The van der Waals surface area contributed by atoms with Crippen LogP contribution in [0.3, 0.4) is 0 Å². The number of hydrogen-bond donors (Lipinski definition) is 4. The van der Waals surface area contributed by atoms with Crippen molar-refractivity contribution in [2.45, 2.75) is 20.0 Å². The molecule has 0 aliphatic rings. The number of rotatable bonds is 6. The number of pyridine rings is 1. The minimum Gasteiger partial charge on any atom is -0.391 e. The summed E-state index contributed by atoms with van der Waals surface area (Å²) in [5.41, 5.74) is 4.15. The molecule has 0 unspecified atom stereocenters. The molecular formula is C17H18FN5O3. The smallest absolute Gasteiger partial charge is 0.278 e. The topological polar surface area (TPSA) is 112 Å². The summed E-state index contributed by atoms with van der Waals surface area (Å²) in [7, 11) is 0. The van der Waals surface area contributed by atoms with Crippen molar-refractivity contribution >= 4 is 28.3 Å². The van der Waals surface area contributed by atoms with Crippen molar-refractivity contribution in [3.05, 3.63) is 47.5 Å². The number of aromatic amines is 1.